The normalized spacial score (nSPS) is 15.1. The third kappa shape index (κ3) is 5.67. The molecule has 0 aliphatic carbocycles. The maximum atomic E-state index is 13.1. The third-order valence-electron chi connectivity index (χ3n) is 4.91. The molecule has 1 heterocycles. The SMILES string of the molecule is COc1cc(/C=C2\SC(=O)N(Cc3ccc(F)cc3)C2=O)ccc1OS(=O)(=O)c1ccc(Cl)cc1. The zero-order valence-electron chi connectivity index (χ0n) is 18.1. The molecule has 180 valence electrons. The lowest BCUT2D eigenvalue weighted by molar-refractivity contribution is -0.123. The van der Waals surface area contributed by atoms with E-state index in [1.54, 1.807) is 0 Å². The molecule has 1 saturated heterocycles. The summed E-state index contributed by atoms with van der Waals surface area (Å²) in [5.74, 6) is -0.843. The highest BCUT2D eigenvalue weighted by Crippen LogP contribution is 2.36. The highest BCUT2D eigenvalue weighted by atomic mass is 35.5. The van der Waals surface area contributed by atoms with E-state index in [4.69, 9.17) is 20.5 Å². The maximum absolute atomic E-state index is 13.1. The van der Waals surface area contributed by atoms with Crippen LogP contribution in [-0.4, -0.2) is 31.6 Å². The number of benzene rings is 3. The van der Waals surface area contributed by atoms with Gasteiger partial charge in [-0.25, -0.2) is 4.39 Å². The summed E-state index contributed by atoms with van der Waals surface area (Å²) in [6.45, 7) is 0.0148. The van der Waals surface area contributed by atoms with Gasteiger partial charge in [0.2, 0.25) is 0 Å². The van der Waals surface area contributed by atoms with Gasteiger partial charge < -0.3 is 8.92 Å². The fourth-order valence-corrected chi connectivity index (χ4v) is 5.07. The summed E-state index contributed by atoms with van der Waals surface area (Å²) < 4.78 is 48.8. The molecule has 7 nitrogen and oxygen atoms in total. The Labute approximate surface area is 210 Å². The Balaban J connectivity index is 1.54. The Morgan fingerprint density at radius 3 is 2.34 bits per heavy atom. The predicted octanol–water partition coefficient (Wildman–Crippen LogP) is 5.49. The van der Waals surface area contributed by atoms with E-state index >= 15 is 0 Å². The minimum atomic E-state index is -4.14. The van der Waals surface area contributed by atoms with Gasteiger partial charge in [0.15, 0.2) is 11.5 Å². The van der Waals surface area contributed by atoms with Crippen LogP contribution in [-0.2, 0) is 21.5 Å². The largest absolute Gasteiger partial charge is 0.493 e. The molecular formula is C24H17ClFNO6S2. The van der Waals surface area contributed by atoms with Crippen LogP contribution in [0.3, 0.4) is 0 Å². The number of nitrogens with zero attached hydrogens (tertiary/aromatic N) is 1. The van der Waals surface area contributed by atoms with Gasteiger partial charge in [0.1, 0.15) is 10.7 Å². The van der Waals surface area contributed by atoms with Gasteiger partial charge in [-0.05, 0) is 77.5 Å². The van der Waals surface area contributed by atoms with Crippen molar-refractivity contribution in [2.24, 2.45) is 0 Å². The first kappa shape index (κ1) is 24.8. The van der Waals surface area contributed by atoms with Crippen molar-refractivity contribution in [3.05, 3.63) is 93.6 Å². The number of methoxy groups -OCH3 is 1. The summed E-state index contributed by atoms with van der Waals surface area (Å²) in [5.41, 5.74) is 1.10. The molecule has 0 saturated carbocycles. The first-order valence-electron chi connectivity index (χ1n) is 10.0. The Hall–Kier alpha value is -3.34. The zero-order chi connectivity index (χ0) is 25.2. The standard InChI is InChI=1S/C24H17ClFNO6S2/c1-32-21-12-16(4-11-20(21)33-35(30,31)19-9-5-17(25)6-10-19)13-22-23(28)27(24(29)34-22)14-15-2-7-18(26)8-3-15/h2-13H,14H2,1H3/b22-13-. The molecule has 2 amide bonds. The van der Waals surface area contributed by atoms with E-state index in [1.165, 1.54) is 79.9 Å². The van der Waals surface area contributed by atoms with Crippen molar-refractivity contribution in [2.45, 2.75) is 11.4 Å². The van der Waals surface area contributed by atoms with Crippen LogP contribution in [0.5, 0.6) is 11.5 Å². The van der Waals surface area contributed by atoms with E-state index < -0.39 is 27.1 Å². The summed E-state index contributed by atoms with van der Waals surface area (Å²) in [5, 5.41) is -0.0699. The summed E-state index contributed by atoms with van der Waals surface area (Å²) in [6.07, 6.45) is 1.50. The molecule has 1 aliphatic rings. The first-order chi connectivity index (χ1) is 16.7. The minimum absolute atomic E-state index is 0.0148. The summed E-state index contributed by atoms with van der Waals surface area (Å²) in [7, 11) is -2.80. The summed E-state index contributed by atoms with van der Waals surface area (Å²) >= 11 is 6.58. The average Bonchev–Trinajstić information content (AvgIpc) is 3.08. The second-order valence-electron chi connectivity index (χ2n) is 7.30. The van der Waals surface area contributed by atoms with Crippen LogP contribution in [0.25, 0.3) is 6.08 Å². The van der Waals surface area contributed by atoms with E-state index in [2.05, 4.69) is 0 Å². The lowest BCUT2D eigenvalue weighted by Crippen LogP contribution is -2.27. The van der Waals surface area contributed by atoms with Crippen LogP contribution in [0.1, 0.15) is 11.1 Å². The van der Waals surface area contributed by atoms with Crippen LogP contribution in [0.15, 0.2) is 76.5 Å². The van der Waals surface area contributed by atoms with Gasteiger partial charge in [0.25, 0.3) is 11.1 Å². The van der Waals surface area contributed by atoms with Crippen molar-refractivity contribution >= 4 is 50.7 Å². The van der Waals surface area contributed by atoms with Crippen molar-refractivity contribution in [2.75, 3.05) is 7.11 Å². The molecule has 0 bridgehead atoms. The molecule has 0 N–H and O–H groups in total. The van der Waals surface area contributed by atoms with Crippen LogP contribution < -0.4 is 8.92 Å². The van der Waals surface area contributed by atoms with Gasteiger partial charge in [0.05, 0.1) is 18.6 Å². The van der Waals surface area contributed by atoms with E-state index in [9.17, 15) is 22.4 Å². The molecule has 0 aromatic heterocycles. The number of hydrogen-bond acceptors (Lipinski definition) is 7. The highest BCUT2D eigenvalue weighted by Gasteiger charge is 2.35. The van der Waals surface area contributed by atoms with E-state index in [-0.39, 0.29) is 27.8 Å². The fraction of sp³-hybridized carbons (Fsp3) is 0.0833. The number of ether oxygens (including phenoxy) is 1. The first-order valence-corrected chi connectivity index (χ1v) is 12.6. The van der Waals surface area contributed by atoms with Crippen LogP contribution >= 0.6 is 23.4 Å². The number of thioether (sulfide) groups is 1. The zero-order valence-corrected chi connectivity index (χ0v) is 20.5. The smallest absolute Gasteiger partial charge is 0.339 e. The number of hydrogen-bond donors (Lipinski definition) is 0. The number of carbonyl (C=O) groups is 2. The van der Waals surface area contributed by atoms with Gasteiger partial charge in [-0.2, -0.15) is 8.42 Å². The number of imide groups is 1. The molecule has 3 aromatic carbocycles. The molecule has 11 heteroatoms. The van der Waals surface area contributed by atoms with Crippen LogP contribution in [0.2, 0.25) is 5.02 Å². The fourth-order valence-electron chi connectivity index (χ4n) is 3.17. The number of amides is 2. The van der Waals surface area contributed by atoms with Gasteiger partial charge >= 0.3 is 10.1 Å². The Morgan fingerprint density at radius 2 is 1.69 bits per heavy atom. The van der Waals surface area contributed by atoms with E-state index in [0.29, 0.717) is 16.1 Å². The van der Waals surface area contributed by atoms with Crippen molar-refractivity contribution in [3.63, 3.8) is 0 Å². The van der Waals surface area contributed by atoms with Crippen molar-refractivity contribution < 1.29 is 31.3 Å². The van der Waals surface area contributed by atoms with Gasteiger partial charge in [-0.3, -0.25) is 14.5 Å². The van der Waals surface area contributed by atoms with E-state index in [1.807, 2.05) is 0 Å². The lowest BCUT2D eigenvalue weighted by Gasteiger charge is -2.12. The molecule has 35 heavy (non-hydrogen) atoms. The second kappa shape index (κ2) is 10.1. The Morgan fingerprint density at radius 1 is 1.00 bits per heavy atom. The third-order valence-corrected chi connectivity index (χ3v) is 7.32. The molecule has 0 unspecified atom stereocenters. The van der Waals surface area contributed by atoms with Crippen molar-refractivity contribution in [3.8, 4) is 11.5 Å². The van der Waals surface area contributed by atoms with Crippen LogP contribution in [0, 0.1) is 5.82 Å². The van der Waals surface area contributed by atoms with Crippen molar-refractivity contribution in [1.29, 1.82) is 0 Å². The quantitative estimate of drug-likeness (QED) is 0.293. The molecule has 0 atom stereocenters. The highest BCUT2D eigenvalue weighted by molar-refractivity contribution is 8.18. The average molecular weight is 534 g/mol. The molecule has 0 spiro atoms. The van der Waals surface area contributed by atoms with E-state index in [0.717, 1.165) is 16.7 Å². The topological polar surface area (TPSA) is 90.0 Å². The predicted molar refractivity (Wildman–Crippen MR) is 130 cm³/mol. The maximum Gasteiger partial charge on any atom is 0.339 e. The summed E-state index contributed by atoms with van der Waals surface area (Å²) in [4.78, 5) is 26.3. The van der Waals surface area contributed by atoms with Gasteiger partial charge in [0, 0.05) is 5.02 Å². The summed E-state index contributed by atoms with van der Waals surface area (Å²) in [6, 6.07) is 15.4. The molecule has 4 rings (SSSR count). The number of rotatable bonds is 7. The molecule has 3 aromatic rings. The van der Waals surface area contributed by atoms with Gasteiger partial charge in [-0.1, -0.05) is 29.8 Å². The van der Waals surface area contributed by atoms with Gasteiger partial charge in [-0.15, -0.1) is 0 Å². The van der Waals surface area contributed by atoms with Crippen LogP contribution in [0.4, 0.5) is 9.18 Å². The number of halogens is 2. The Bertz CT molecular complexity index is 1420. The van der Waals surface area contributed by atoms with Crippen molar-refractivity contribution in [1.82, 2.24) is 4.90 Å². The minimum Gasteiger partial charge on any atom is -0.493 e. The number of carbonyl (C=O) groups excluding carboxylic acids is 2. The monoisotopic (exact) mass is 533 g/mol. The lowest BCUT2D eigenvalue weighted by atomic mass is 10.1. The Kier molecular flexibility index (Phi) is 7.15. The second-order valence-corrected chi connectivity index (χ2v) is 10.3. The molecule has 1 aliphatic heterocycles. The molecule has 1 fully saturated rings. The molecule has 0 radical (unpaired) electrons. The molecular weight excluding hydrogens is 517 g/mol.